The van der Waals surface area contributed by atoms with Crippen molar-refractivity contribution in [3.05, 3.63) is 129 Å². The minimum atomic E-state index is -0.908. The summed E-state index contributed by atoms with van der Waals surface area (Å²) in [7, 11) is 0. The van der Waals surface area contributed by atoms with E-state index in [9.17, 15) is 9.59 Å². The van der Waals surface area contributed by atoms with Gasteiger partial charge < -0.3 is 19.7 Å². The van der Waals surface area contributed by atoms with Gasteiger partial charge in [-0.25, -0.2) is 0 Å². The summed E-state index contributed by atoms with van der Waals surface area (Å²) in [6.45, 7) is 4.70. The average molecular weight is 632 g/mol. The van der Waals surface area contributed by atoms with Gasteiger partial charge in [0.2, 0.25) is 0 Å². The van der Waals surface area contributed by atoms with Gasteiger partial charge in [0, 0.05) is 0 Å². The number of carbonyl (C=O) groups is 2. The van der Waals surface area contributed by atoms with E-state index in [0.29, 0.717) is 45.9 Å². The van der Waals surface area contributed by atoms with Crippen molar-refractivity contribution < 1.29 is 29.3 Å². The van der Waals surface area contributed by atoms with Crippen LogP contribution in [-0.2, 0) is 22.4 Å². The lowest BCUT2D eigenvalue weighted by atomic mass is 9.98. The monoisotopic (exact) mass is 630 g/mol. The maximum absolute atomic E-state index is 10.9. The van der Waals surface area contributed by atoms with Crippen LogP contribution in [0, 0.1) is 0 Å². The van der Waals surface area contributed by atoms with Crippen LogP contribution in [0.15, 0.2) is 97.1 Å². The van der Waals surface area contributed by atoms with Crippen LogP contribution in [0.25, 0.3) is 22.3 Å². The fourth-order valence-corrected chi connectivity index (χ4v) is 5.01. The Balaban J connectivity index is 1.31. The predicted molar refractivity (Wildman–Crippen MR) is 176 cm³/mol. The molecule has 6 nitrogen and oxygen atoms in total. The molecule has 0 heterocycles. The standard InChI is InChI=1S/C36H32Cl2O6/c1-23(15-17-43-33-13-3-25(19-31(33)37)21-35(39)40)27-5-9-29(10-6-27)30-11-7-28(8-12-30)24(2)16-18-44-34-14-4-26(20-32(34)38)22-36(41)42/h3-16,19-20H,17-18,21-22H2,1-2H3,(H,39,40)(H,41,42)/b23-15-,24-16-. The predicted octanol–water partition coefficient (Wildman–Crippen LogP) is 8.88. The van der Waals surface area contributed by atoms with E-state index in [1.807, 2.05) is 26.0 Å². The first-order valence-corrected chi connectivity index (χ1v) is 14.7. The highest BCUT2D eigenvalue weighted by Crippen LogP contribution is 2.28. The van der Waals surface area contributed by atoms with E-state index in [0.717, 1.165) is 33.4 Å². The Morgan fingerprint density at radius 1 is 0.614 bits per heavy atom. The molecule has 0 aliphatic rings. The molecule has 2 N–H and O–H groups in total. The lowest BCUT2D eigenvalue weighted by molar-refractivity contribution is -0.137. The molecule has 226 valence electrons. The summed E-state index contributed by atoms with van der Waals surface area (Å²) in [5, 5.41) is 18.6. The van der Waals surface area contributed by atoms with Crippen molar-refractivity contribution in [3.63, 3.8) is 0 Å². The highest BCUT2D eigenvalue weighted by atomic mass is 35.5. The van der Waals surface area contributed by atoms with Crippen LogP contribution in [-0.4, -0.2) is 35.4 Å². The summed E-state index contributed by atoms with van der Waals surface area (Å²) >= 11 is 12.5. The molecular formula is C36H32Cl2O6. The summed E-state index contributed by atoms with van der Waals surface area (Å²) in [5.41, 5.74) is 7.72. The van der Waals surface area contributed by atoms with Crippen LogP contribution < -0.4 is 9.47 Å². The lowest BCUT2D eigenvalue weighted by Crippen LogP contribution is -2.01. The molecule has 0 saturated carbocycles. The van der Waals surface area contributed by atoms with E-state index in [2.05, 4.69) is 48.5 Å². The molecule has 8 heteroatoms. The summed E-state index contributed by atoms with van der Waals surface area (Å²) in [6, 6.07) is 26.7. The van der Waals surface area contributed by atoms with E-state index in [1.54, 1.807) is 36.4 Å². The van der Waals surface area contributed by atoms with Crippen molar-refractivity contribution in [2.24, 2.45) is 0 Å². The topological polar surface area (TPSA) is 93.1 Å². The Kier molecular flexibility index (Phi) is 11.2. The lowest BCUT2D eigenvalue weighted by Gasteiger charge is -2.10. The van der Waals surface area contributed by atoms with Crippen LogP contribution in [0.5, 0.6) is 11.5 Å². The minimum Gasteiger partial charge on any atom is -0.488 e. The molecule has 0 saturated heterocycles. The second-order valence-corrected chi connectivity index (χ2v) is 11.0. The van der Waals surface area contributed by atoms with Gasteiger partial charge >= 0.3 is 11.9 Å². The van der Waals surface area contributed by atoms with Crippen LogP contribution >= 0.6 is 23.2 Å². The number of carboxylic acids is 2. The molecule has 0 spiro atoms. The van der Waals surface area contributed by atoms with Crippen molar-refractivity contribution in [3.8, 4) is 22.6 Å². The number of hydrogen-bond donors (Lipinski definition) is 2. The smallest absolute Gasteiger partial charge is 0.307 e. The Hall–Kier alpha value is -4.52. The minimum absolute atomic E-state index is 0.0853. The van der Waals surface area contributed by atoms with Gasteiger partial charge in [-0.05, 0) is 94.8 Å². The molecule has 0 aliphatic heterocycles. The van der Waals surface area contributed by atoms with Gasteiger partial charge in [-0.2, -0.15) is 0 Å². The summed E-state index contributed by atoms with van der Waals surface area (Å²) < 4.78 is 11.6. The number of aliphatic carboxylic acids is 2. The maximum Gasteiger partial charge on any atom is 0.307 e. The van der Waals surface area contributed by atoms with Crippen LogP contribution in [0.3, 0.4) is 0 Å². The number of carboxylic acid groups (broad SMARTS) is 2. The van der Waals surface area contributed by atoms with Gasteiger partial charge in [-0.15, -0.1) is 0 Å². The highest BCUT2D eigenvalue weighted by molar-refractivity contribution is 6.32. The third-order valence-corrected chi connectivity index (χ3v) is 7.56. The zero-order valence-electron chi connectivity index (χ0n) is 24.3. The van der Waals surface area contributed by atoms with Crippen molar-refractivity contribution in [1.82, 2.24) is 0 Å². The quantitative estimate of drug-likeness (QED) is 0.153. The molecular weight excluding hydrogens is 599 g/mol. The molecule has 4 aromatic rings. The number of rotatable bonds is 13. The largest absolute Gasteiger partial charge is 0.488 e. The zero-order chi connectivity index (χ0) is 31.6. The van der Waals surface area contributed by atoms with Crippen LogP contribution in [0.2, 0.25) is 10.0 Å². The number of hydrogen-bond acceptors (Lipinski definition) is 4. The second kappa shape index (κ2) is 15.3. The fourth-order valence-electron chi connectivity index (χ4n) is 4.49. The van der Waals surface area contributed by atoms with Crippen molar-refractivity contribution in [1.29, 1.82) is 0 Å². The molecule has 0 aliphatic carbocycles. The van der Waals surface area contributed by atoms with Crippen molar-refractivity contribution in [2.45, 2.75) is 26.7 Å². The van der Waals surface area contributed by atoms with E-state index in [1.165, 1.54) is 0 Å². The van der Waals surface area contributed by atoms with E-state index >= 15 is 0 Å². The highest BCUT2D eigenvalue weighted by Gasteiger charge is 2.08. The average Bonchev–Trinajstić information content (AvgIpc) is 2.99. The van der Waals surface area contributed by atoms with Gasteiger partial charge in [0.1, 0.15) is 24.7 Å². The summed E-state index contributed by atoms with van der Waals surface area (Å²) in [5.74, 6) is -0.798. The van der Waals surface area contributed by atoms with Gasteiger partial charge in [0.25, 0.3) is 0 Å². The normalized spacial score (nSPS) is 11.7. The molecule has 0 atom stereocenters. The first-order chi connectivity index (χ1) is 21.1. The Morgan fingerprint density at radius 2 is 0.977 bits per heavy atom. The van der Waals surface area contributed by atoms with Gasteiger partial charge in [0.05, 0.1) is 22.9 Å². The number of ether oxygens (including phenoxy) is 2. The van der Waals surface area contributed by atoms with Crippen molar-refractivity contribution >= 4 is 46.3 Å². The van der Waals surface area contributed by atoms with Gasteiger partial charge in [0.15, 0.2) is 0 Å². The van der Waals surface area contributed by atoms with Gasteiger partial charge in [-0.1, -0.05) is 83.9 Å². The molecule has 4 aromatic carbocycles. The summed E-state index contributed by atoms with van der Waals surface area (Å²) in [6.07, 6.45) is 3.79. The zero-order valence-corrected chi connectivity index (χ0v) is 25.9. The Morgan fingerprint density at radius 3 is 1.30 bits per heavy atom. The van der Waals surface area contributed by atoms with Crippen LogP contribution in [0.4, 0.5) is 0 Å². The third-order valence-electron chi connectivity index (χ3n) is 6.97. The van der Waals surface area contributed by atoms with Crippen molar-refractivity contribution in [2.75, 3.05) is 13.2 Å². The Labute approximate surface area is 266 Å². The van der Waals surface area contributed by atoms with Gasteiger partial charge in [-0.3, -0.25) is 9.59 Å². The number of allylic oxidation sites excluding steroid dienone is 2. The molecule has 4 rings (SSSR count). The number of halogens is 2. The SMILES string of the molecule is C/C(=C/COc1ccc(CC(=O)O)cc1Cl)c1ccc(-c2ccc(/C(C)=C\COc3ccc(CC(=O)O)cc3Cl)cc2)cc1. The van der Waals surface area contributed by atoms with E-state index < -0.39 is 11.9 Å². The van der Waals surface area contributed by atoms with E-state index in [-0.39, 0.29) is 12.8 Å². The molecule has 0 radical (unpaired) electrons. The van der Waals surface area contributed by atoms with E-state index in [4.69, 9.17) is 42.9 Å². The molecule has 0 aromatic heterocycles. The molecule has 44 heavy (non-hydrogen) atoms. The van der Waals surface area contributed by atoms with Crippen LogP contribution in [0.1, 0.15) is 36.1 Å². The first kappa shape index (κ1) is 32.4. The molecule has 0 bridgehead atoms. The fraction of sp³-hybridized carbons (Fsp3) is 0.167. The molecule has 0 fully saturated rings. The maximum atomic E-state index is 10.9. The first-order valence-electron chi connectivity index (χ1n) is 13.9. The Bertz CT molecular complexity index is 1560. The molecule has 0 amide bonds. The number of benzene rings is 4. The second-order valence-electron chi connectivity index (χ2n) is 10.2. The summed E-state index contributed by atoms with van der Waals surface area (Å²) in [4.78, 5) is 21.8. The third kappa shape index (κ3) is 9.24. The molecule has 0 unspecified atom stereocenters.